The minimum Gasteiger partial charge on any atom is -0.265 e. The second kappa shape index (κ2) is 5.75. The van der Waals surface area contributed by atoms with E-state index in [0.29, 0.717) is 5.92 Å². The van der Waals surface area contributed by atoms with E-state index in [2.05, 4.69) is 49.7 Å². The molecule has 0 aliphatic carbocycles. The highest BCUT2D eigenvalue weighted by Gasteiger charge is 2.17. The first-order valence-electron chi connectivity index (χ1n) is 6.75. The molecule has 3 heteroatoms. The number of benzene rings is 1. The van der Waals surface area contributed by atoms with Crippen LogP contribution >= 0.6 is 11.6 Å². The van der Waals surface area contributed by atoms with E-state index in [1.807, 2.05) is 0 Å². The summed E-state index contributed by atoms with van der Waals surface area (Å²) in [6.07, 6.45) is 2.06. The summed E-state index contributed by atoms with van der Waals surface area (Å²) in [5.41, 5.74) is 2.42. The van der Waals surface area contributed by atoms with Gasteiger partial charge in [0.15, 0.2) is 0 Å². The molecule has 0 saturated carbocycles. The van der Waals surface area contributed by atoms with Crippen molar-refractivity contribution in [2.45, 2.75) is 45.5 Å². The third-order valence-corrected chi connectivity index (χ3v) is 4.02. The standard InChI is InChI=1S/C15H21ClN2/c1-4-12(11(3)16)10-14-13-8-6-7-9-15(13)18(5-2)17-14/h6-9,11-12H,4-5,10H2,1-3H3. The van der Waals surface area contributed by atoms with Crippen LogP contribution in [0.15, 0.2) is 24.3 Å². The molecule has 2 rings (SSSR count). The molecule has 0 fully saturated rings. The minimum absolute atomic E-state index is 0.195. The summed E-state index contributed by atoms with van der Waals surface area (Å²) in [4.78, 5) is 0. The lowest BCUT2D eigenvalue weighted by Gasteiger charge is -2.15. The number of aryl methyl sites for hydroxylation is 1. The largest absolute Gasteiger partial charge is 0.265 e. The monoisotopic (exact) mass is 264 g/mol. The molecule has 0 N–H and O–H groups in total. The highest BCUT2D eigenvalue weighted by Crippen LogP contribution is 2.25. The van der Waals surface area contributed by atoms with Gasteiger partial charge in [-0.1, -0.05) is 31.5 Å². The van der Waals surface area contributed by atoms with Crippen molar-refractivity contribution >= 4 is 22.5 Å². The van der Waals surface area contributed by atoms with E-state index < -0.39 is 0 Å². The van der Waals surface area contributed by atoms with Gasteiger partial charge in [-0.3, -0.25) is 4.68 Å². The van der Waals surface area contributed by atoms with E-state index in [1.165, 1.54) is 16.6 Å². The van der Waals surface area contributed by atoms with E-state index in [4.69, 9.17) is 16.7 Å². The number of fused-ring (bicyclic) bond motifs is 1. The molecule has 2 atom stereocenters. The van der Waals surface area contributed by atoms with Crippen LogP contribution in [0.5, 0.6) is 0 Å². The summed E-state index contributed by atoms with van der Waals surface area (Å²) in [7, 11) is 0. The molecule has 18 heavy (non-hydrogen) atoms. The molecule has 0 saturated heterocycles. The summed E-state index contributed by atoms with van der Waals surface area (Å²) >= 11 is 6.25. The van der Waals surface area contributed by atoms with Gasteiger partial charge in [0.05, 0.1) is 11.2 Å². The van der Waals surface area contributed by atoms with Crippen LogP contribution in [0.4, 0.5) is 0 Å². The average molecular weight is 265 g/mol. The van der Waals surface area contributed by atoms with Crippen LogP contribution in [0, 0.1) is 5.92 Å². The van der Waals surface area contributed by atoms with Crippen LogP contribution in [0.2, 0.25) is 0 Å². The van der Waals surface area contributed by atoms with Gasteiger partial charge in [0, 0.05) is 17.3 Å². The number of rotatable bonds is 5. The Labute approximate surface area is 114 Å². The SMILES string of the molecule is CCC(Cc1nn(CC)c2ccccc12)C(C)Cl. The van der Waals surface area contributed by atoms with Gasteiger partial charge in [-0.15, -0.1) is 11.6 Å². The van der Waals surface area contributed by atoms with Gasteiger partial charge >= 0.3 is 0 Å². The molecule has 0 spiro atoms. The normalized spacial score (nSPS) is 14.9. The fourth-order valence-electron chi connectivity index (χ4n) is 2.47. The summed E-state index contributed by atoms with van der Waals surface area (Å²) in [5, 5.41) is 6.20. The lowest BCUT2D eigenvalue weighted by Crippen LogP contribution is -2.14. The molecule has 1 aromatic carbocycles. The van der Waals surface area contributed by atoms with Gasteiger partial charge in [-0.2, -0.15) is 5.10 Å². The molecule has 1 heterocycles. The number of hydrogen-bond acceptors (Lipinski definition) is 1. The highest BCUT2D eigenvalue weighted by atomic mass is 35.5. The Morgan fingerprint density at radius 2 is 2.00 bits per heavy atom. The molecule has 0 aliphatic heterocycles. The van der Waals surface area contributed by atoms with Crippen molar-refractivity contribution in [1.29, 1.82) is 0 Å². The van der Waals surface area contributed by atoms with Crippen molar-refractivity contribution in [2.24, 2.45) is 5.92 Å². The first-order valence-corrected chi connectivity index (χ1v) is 7.19. The molecule has 98 valence electrons. The second-order valence-electron chi connectivity index (χ2n) is 4.83. The maximum atomic E-state index is 6.25. The number of alkyl halides is 1. The van der Waals surface area contributed by atoms with Crippen molar-refractivity contribution in [3.63, 3.8) is 0 Å². The van der Waals surface area contributed by atoms with Crippen molar-refractivity contribution < 1.29 is 0 Å². The number of nitrogens with zero attached hydrogens (tertiary/aromatic N) is 2. The van der Waals surface area contributed by atoms with E-state index in [1.54, 1.807) is 0 Å². The fourth-order valence-corrected chi connectivity index (χ4v) is 2.74. The minimum atomic E-state index is 0.195. The fraction of sp³-hybridized carbons (Fsp3) is 0.533. The van der Waals surface area contributed by atoms with Crippen LogP contribution in [-0.4, -0.2) is 15.2 Å². The smallest absolute Gasteiger partial charge is 0.0706 e. The first kappa shape index (κ1) is 13.4. The van der Waals surface area contributed by atoms with Crippen LogP contribution < -0.4 is 0 Å². The van der Waals surface area contributed by atoms with E-state index in [9.17, 15) is 0 Å². The number of para-hydroxylation sites is 1. The molecule has 0 aliphatic rings. The summed E-state index contributed by atoms with van der Waals surface area (Å²) in [6.45, 7) is 7.32. The first-order chi connectivity index (χ1) is 8.67. The number of hydrogen-bond donors (Lipinski definition) is 0. The van der Waals surface area contributed by atoms with Crippen LogP contribution in [0.3, 0.4) is 0 Å². The summed E-state index contributed by atoms with van der Waals surface area (Å²) in [5.74, 6) is 0.496. The molecular formula is C15H21ClN2. The average Bonchev–Trinajstić information content (AvgIpc) is 2.74. The van der Waals surface area contributed by atoms with Gasteiger partial charge in [-0.25, -0.2) is 0 Å². The zero-order valence-corrected chi connectivity index (χ0v) is 12.1. The van der Waals surface area contributed by atoms with Gasteiger partial charge in [-0.05, 0) is 32.3 Å². The molecule has 1 aromatic heterocycles. The van der Waals surface area contributed by atoms with Crippen molar-refractivity contribution in [1.82, 2.24) is 9.78 Å². The van der Waals surface area contributed by atoms with Gasteiger partial charge < -0.3 is 0 Å². The third-order valence-electron chi connectivity index (χ3n) is 3.66. The van der Waals surface area contributed by atoms with E-state index in [0.717, 1.165) is 19.4 Å². The predicted octanol–water partition coefficient (Wildman–Crippen LogP) is 4.25. The van der Waals surface area contributed by atoms with Crippen molar-refractivity contribution in [2.75, 3.05) is 0 Å². The predicted molar refractivity (Wildman–Crippen MR) is 78.2 cm³/mol. The Morgan fingerprint density at radius 3 is 2.61 bits per heavy atom. The van der Waals surface area contributed by atoms with Gasteiger partial charge in [0.1, 0.15) is 0 Å². The van der Waals surface area contributed by atoms with Gasteiger partial charge in [0.25, 0.3) is 0 Å². The van der Waals surface area contributed by atoms with Gasteiger partial charge in [0.2, 0.25) is 0 Å². The van der Waals surface area contributed by atoms with E-state index >= 15 is 0 Å². The summed E-state index contributed by atoms with van der Waals surface area (Å²) < 4.78 is 2.08. The molecule has 2 unspecified atom stereocenters. The zero-order chi connectivity index (χ0) is 13.1. The zero-order valence-electron chi connectivity index (χ0n) is 11.4. The Kier molecular flexibility index (Phi) is 4.28. The topological polar surface area (TPSA) is 17.8 Å². The van der Waals surface area contributed by atoms with Crippen molar-refractivity contribution in [3.8, 4) is 0 Å². The van der Waals surface area contributed by atoms with Crippen LogP contribution in [0.1, 0.15) is 32.9 Å². The maximum Gasteiger partial charge on any atom is 0.0706 e. The summed E-state index contributed by atoms with van der Waals surface area (Å²) in [6, 6.07) is 8.45. The lowest BCUT2D eigenvalue weighted by molar-refractivity contribution is 0.488. The van der Waals surface area contributed by atoms with Crippen LogP contribution in [-0.2, 0) is 13.0 Å². The molecule has 2 aromatic rings. The molecule has 0 bridgehead atoms. The quantitative estimate of drug-likeness (QED) is 0.738. The molecule has 0 amide bonds. The Bertz CT molecular complexity index is 516. The molecule has 0 radical (unpaired) electrons. The highest BCUT2D eigenvalue weighted by molar-refractivity contribution is 6.20. The number of halogens is 1. The number of aromatic nitrogens is 2. The van der Waals surface area contributed by atoms with E-state index in [-0.39, 0.29) is 5.38 Å². The molecule has 2 nitrogen and oxygen atoms in total. The second-order valence-corrected chi connectivity index (χ2v) is 5.52. The maximum absolute atomic E-state index is 6.25. The Balaban J connectivity index is 2.39. The third kappa shape index (κ3) is 2.54. The van der Waals surface area contributed by atoms with Crippen molar-refractivity contribution in [3.05, 3.63) is 30.0 Å². The Morgan fingerprint density at radius 1 is 1.28 bits per heavy atom. The lowest BCUT2D eigenvalue weighted by atomic mass is 9.96. The Hall–Kier alpha value is -1.02. The molecular weight excluding hydrogens is 244 g/mol. The van der Waals surface area contributed by atoms with Crippen LogP contribution in [0.25, 0.3) is 10.9 Å².